The molecule has 1 aromatic carbocycles. The Labute approximate surface area is 103 Å². The molecule has 0 aliphatic heterocycles. The summed E-state index contributed by atoms with van der Waals surface area (Å²) in [7, 11) is 0. The predicted molar refractivity (Wildman–Crippen MR) is 69.9 cm³/mol. The van der Waals surface area contributed by atoms with Gasteiger partial charge in [0.25, 0.3) is 0 Å². The van der Waals surface area contributed by atoms with E-state index in [2.05, 4.69) is 37.0 Å². The van der Waals surface area contributed by atoms with Crippen molar-refractivity contribution < 1.29 is 0 Å². The van der Waals surface area contributed by atoms with Gasteiger partial charge in [-0.05, 0) is 37.3 Å². The van der Waals surface area contributed by atoms with E-state index in [1.54, 1.807) is 0 Å². The highest BCUT2D eigenvalue weighted by atomic mass is 35.5. The van der Waals surface area contributed by atoms with Crippen molar-refractivity contribution in [1.82, 2.24) is 5.32 Å². The molecule has 2 heteroatoms. The SMILES string of the molecule is C=C(Cl)CNC1CCCc2ccc(C)cc21. The minimum Gasteiger partial charge on any atom is -0.305 e. The van der Waals surface area contributed by atoms with Gasteiger partial charge in [0.05, 0.1) is 0 Å². The standard InChI is InChI=1S/C14H18ClN/c1-10-6-7-12-4-3-5-14(13(12)8-10)16-9-11(2)15/h6-8,14,16H,2-5,9H2,1H3. The zero-order chi connectivity index (χ0) is 11.5. The van der Waals surface area contributed by atoms with Crippen LogP contribution in [-0.4, -0.2) is 6.54 Å². The van der Waals surface area contributed by atoms with E-state index in [0.717, 1.165) is 0 Å². The molecular formula is C14H18ClN. The Balaban J connectivity index is 2.18. The Morgan fingerprint density at radius 1 is 1.56 bits per heavy atom. The number of benzene rings is 1. The van der Waals surface area contributed by atoms with Crippen LogP contribution in [0.1, 0.15) is 35.6 Å². The molecule has 0 spiro atoms. The molecule has 86 valence electrons. The van der Waals surface area contributed by atoms with Gasteiger partial charge in [0.15, 0.2) is 0 Å². The largest absolute Gasteiger partial charge is 0.305 e. The van der Waals surface area contributed by atoms with Gasteiger partial charge >= 0.3 is 0 Å². The summed E-state index contributed by atoms with van der Waals surface area (Å²) in [5.41, 5.74) is 4.26. The smallest absolute Gasteiger partial charge is 0.0326 e. The molecular weight excluding hydrogens is 218 g/mol. The third kappa shape index (κ3) is 2.66. The molecule has 2 rings (SSSR count). The fraction of sp³-hybridized carbons (Fsp3) is 0.429. The van der Waals surface area contributed by atoms with E-state index < -0.39 is 0 Å². The summed E-state index contributed by atoms with van der Waals surface area (Å²) in [5, 5.41) is 4.15. The molecule has 1 aliphatic carbocycles. The Hall–Kier alpha value is -0.790. The van der Waals surface area contributed by atoms with Gasteiger partial charge in [0.2, 0.25) is 0 Å². The maximum absolute atomic E-state index is 5.80. The number of hydrogen-bond donors (Lipinski definition) is 1. The zero-order valence-corrected chi connectivity index (χ0v) is 10.5. The Bertz CT molecular complexity index is 398. The molecule has 1 N–H and O–H groups in total. The van der Waals surface area contributed by atoms with E-state index in [9.17, 15) is 0 Å². The van der Waals surface area contributed by atoms with Crippen LogP contribution in [0.5, 0.6) is 0 Å². The van der Waals surface area contributed by atoms with Crippen LogP contribution in [0.25, 0.3) is 0 Å². The van der Waals surface area contributed by atoms with E-state index in [4.69, 9.17) is 11.6 Å². The van der Waals surface area contributed by atoms with Crippen LogP contribution in [0, 0.1) is 6.92 Å². The van der Waals surface area contributed by atoms with Gasteiger partial charge in [-0.15, -0.1) is 0 Å². The second kappa shape index (κ2) is 5.03. The van der Waals surface area contributed by atoms with Gasteiger partial charge < -0.3 is 5.32 Å². The number of hydrogen-bond acceptors (Lipinski definition) is 1. The molecule has 0 saturated heterocycles. The van der Waals surface area contributed by atoms with Gasteiger partial charge in [0, 0.05) is 17.6 Å². The molecule has 16 heavy (non-hydrogen) atoms. The van der Waals surface area contributed by atoms with E-state index in [1.165, 1.54) is 36.0 Å². The summed E-state index contributed by atoms with van der Waals surface area (Å²) < 4.78 is 0. The number of nitrogens with one attached hydrogen (secondary N) is 1. The zero-order valence-electron chi connectivity index (χ0n) is 9.72. The van der Waals surface area contributed by atoms with Crippen LogP contribution in [0.4, 0.5) is 0 Å². The molecule has 1 aliphatic rings. The average molecular weight is 236 g/mol. The summed E-state index contributed by atoms with van der Waals surface area (Å²) in [5.74, 6) is 0. The second-order valence-electron chi connectivity index (χ2n) is 4.55. The first kappa shape index (κ1) is 11.7. The van der Waals surface area contributed by atoms with Crippen LogP contribution in [0.3, 0.4) is 0 Å². The minimum atomic E-state index is 0.444. The minimum absolute atomic E-state index is 0.444. The monoisotopic (exact) mass is 235 g/mol. The Morgan fingerprint density at radius 2 is 2.38 bits per heavy atom. The maximum atomic E-state index is 5.80. The van der Waals surface area contributed by atoms with Crippen molar-refractivity contribution in [3.05, 3.63) is 46.5 Å². The van der Waals surface area contributed by atoms with Crippen LogP contribution in [0.15, 0.2) is 29.8 Å². The molecule has 0 bridgehead atoms. The lowest BCUT2D eigenvalue weighted by Gasteiger charge is -2.26. The van der Waals surface area contributed by atoms with E-state index in [1.807, 2.05) is 0 Å². The lowest BCUT2D eigenvalue weighted by Crippen LogP contribution is -2.26. The summed E-state index contributed by atoms with van der Waals surface area (Å²) in [4.78, 5) is 0. The van der Waals surface area contributed by atoms with Crippen molar-refractivity contribution >= 4 is 11.6 Å². The first-order valence-electron chi connectivity index (χ1n) is 5.83. The lowest BCUT2D eigenvalue weighted by molar-refractivity contribution is 0.479. The van der Waals surface area contributed by atoms with Crippen molar-refractivity contribution in [3.8, 4) is 0 Å². The maximum Gasteiger partial charge on any atom is 0.0326 e. The summed E-state index contributed by atoms with van der Waals surface area (Å²) in [6.07, 6.45) is 3.65. The van der Waals surface area contributed by atoms with Crippen molar-refractivity contribution in [2.45, 2.75) is 32.2 Å². The molecule has 1 nitrogen and oxygen atoms in total. The summed E-state index contributed by atoms with van der Waals surface area (Å²) in [6, 6.07) is 7.19. The molecule has 0 saturated carbocycles. The Kier molecular flexibility index (Phi) is 3.67. The molecule has 0 radical (unpaired) electrons. The topological polar surface area (TPSA) is 12.0 Å². The summed E-state index contributed by atoms with van der Waals surface area (Å²) >= 11 is 5.80. The fourth-order valence-electron chi connectivity index (χ4n) is 2.36. The average Bonchev–Trinajstić information content (AvgIpc) is 2.26. The molecule has 0 aromatic heterocycles. The quantitative estimate of drug-likeness (QED) is 0.842. The van der Waals surface area contributed by atoms with Crippen LogP contribution >= 0.6 is 11.6 Å². The lowest BCUT2D eigenvalue weighted by atomic mass is 9.86. The number of aryl methyl sites for hydroxylation is 2. The van der Waals surface area contributed by atoms with E-state index in [0.29, 0.717) is 17.6 Å². The highest BCUT2D eigenvalue weighted by molar-refractivity contribution is 6.29. The van der Waals surface area contributed by atoms with Crippen molar-refractivity contribution in [2.24, 2.45) is 0 Å². The van der Waals surface area contributed by atoms with Crippen molar-refractivity contribution in [1.29, 1.82) is 0 Å². The molecule has 0 amide bonds. The van der Waals surface area contributed by atoms with Gasteiger partial charge in [-0.25, -0.2) is 0 Å². The van der Waals surface area contributed by atoms with Crippen molar-refractivity contribution in [3.63, 3.8) is 0 Å². The number of fused-ring (bicyclic) bond motifs is 1. The molecule has 1 aromatic rings. The number of rotatable bonds is 3. The van der Waals surface area contributed by atoms with Crippen LogP contribution in [0.2, 0.25) is 0 Å². The second-order valence-corrected chi connectivity index (χ2v) is 5.08. The molecule has 1 unspecified atom stereocenters. The van der Waals surface area contributed by atoms with Crippen molar-refractivity contribution in [2.75, 3.05) is 6.54 Å². The van der Waals surface area contributed by atoms with Gasteiger partial charge in [0.1, 0.15) is 0 Å². The van der Waals surface area contributed by atoms with E-state index in [-0.39, 0.29) is 0 Å². The highest BCUT2D eigenvalue weighted by Gasteiger charge is 2.19. The normalized spacial score (nSPS) is 19.2. The first-order valence-corrected chi connectivity index (χ1v) is 6.20. The molecule has 0 heterocycles. The van der Waals surface area contributed by atoms with Crippen LogP contribution in [-0.2, 0) is 6.42 Å². The van der Waals surface area contributed by atoms with E-state index >= 15 is 0 Å². The van der Waals surface area contributed by atoms with Crippen LogP contribution < -0.4 is 5.32 Å². The van der Waals surface area contributed by atoms with Gasteiger partial charge in [-0.3, -0.25) is 0 Å². The molecule has 1 atom stereocenters. The van der Waals surface area contributed by atoms with Gasteiger partial charge in [-0.2, -0.15) is 0 Å². The predicted octanol–water partition coefficient (Wildman–Crippen LogP) is 3.71. The highest BCUT2D eigenvalue weighted by Crippen LogP contribution is 2.30. The third-order valence-electron chi connectivity index (χ3n) is 3.16. The Morgan fingerprint density at radius 3 is 3.12 bits per heavy atom. The first-order chi connectivity index (χ1) is 7.66. The fourth-order valence-corrected chi connectivity index (χ4v) is 2.44. The van der Waals surface area contributed by atoms with Gasteiger partial charge in [-0.1, -0.05) is 41.9 Å². The summed E-state index contributed by atoms with van der Waals surface area (Å²) in [6.45, 7) is 6.56. The molecule has 0 fully saturated rings. The number of halogens is 1. The third-order valence-corrected chi connectivity index (χ3v) is 3.29.